The molecule has 28 heavy (non-hydrogen) atoms. The van der Waals surface area contributed by atoms with E-state index in [1.807, 2.05) is 36.4 Å². The lowest BCUT2D eigenvalue weighted by Gasteiger charge is -2.33. The molecule has 0 saturated carbocycles. The summed E-state index contributed by atoms with van der Waals surface area (Å²) in [4.78, 5) is 24.5. The summed E-state index contributed by atoms with van der Waals surface area (Å²) < 4.78 is 0. The summed E-state index contributed by atoms with van der Waals surface area (Å²) in [6.45, 7) is 3.67. The lowest BCUT2D eigenvalue weighted by atomic mass is 9.77. The Bertz CT molecular complexity index is 981. The summed E-state index contributed by atoms with van der Waals surface area (Å²) in [6, 6.07) is 17.9. The van der Waals surface area contributed by atoms with Crippen molar-refractivity contribution in [1.82, 2.24) is 16.0 Å². The highest BCUT2D eigenvalue weighted by Crippen LogP contribution is 2.41. The maximum Gasteiger partial charge on any atom is 0.323 e. The minimum Gasteiger partial charge on any atom is -0.395 e. The summed E-state index contributed by atoms with van der Waals surface area (Å²) in [5, 5.41) is 7.95. The summed E-state index contributed by atoms with van der Waals surface area (Å²) in [7, 11) is 0. The number of carbonyl (C=O) groups is 2. The molecule has 1 heterocycles. The van der Waals surface area contributed by atoms with Gasteiger partial charge in [0.25, 0.3) is 5.91 Å². The fraction of sp³-hybridized carbons (Fsp3) is 0.182. The molecular formula is C22H22N4O2. The zero-order chi connectivity index (χ0) is 19.7. The first kappa shape index (κ1) is 17.9. The standard InChI is InChI=1S/C22H22N4O2/c1-13-19(23)20(26-22(28)24-13)21(27)25-18-12-11-15(14-7-3-2-4-8-14)16-9-5-6-10-17(16)18/h2-10,15,18H,1,11-12,23H2,(H,25,27)(H2,24,26,28)/t15-,18+/m1/s1. The van der Waals surface area contributed by atoms with E-state index in [0.717, 1.165) is 18.4 Å². The Balaban J connectivity index is 1.61. The normalized spacial score (nSPS) is 21.4. The van der Waals surface area contributed by atoms with Crippen LogP contribution in [0.15, 0.2) is 78.3 Å². The minimum atomic E-state index is -0.516. The Labute approximate surface area is 163 Å². The van der Waals surface area contributed by atoms with Crippen molar-refractivity contribution in [2.75, 3.05) is 0 Å². The molecule has 6 heteroatoms. The van der Waals surface area contributed by atoms with Gasteiger partial charge in [0.05, 0.1) is 17.4 Å². The maximum atomic E-state index is 12.8. The highest BCUT2D eigenvalue weighted by atomic mass is 16.2. The van der Waals surface area contributed by atoms with Crippen molar-refractivity contribution in [3.05, 3.63) is 95.0 Å². The molecule has 2 aliphatic rings. The third-order valence-corrected chi connectivity index (χ3v) is 5.32. The molecule has 2 aromatic rings. The second-order valence-electron chi connectivity index (χ2n) is 7.04. The Morgan fingerprint density at radius 2 is 1.68 bits per heavy atom. The van der Waals surface area contributed by atoms with Crippen LogP contribution in [0.5, 0.6) is 0 Å². The third-order valence-electron chi connectivity index (χ3n) is 5.32. The van der Waals surface area contributed by atoms with Gasteiger partial charge in [0.2, 0.25) is 0 Å². The molecule has 3 amide bonds. The predicted molar refractivity (Wildman–Crippen MR) is 107 cm³/mol. The van der Waals surface area contributed by atoms with Crippen LogP contribution >= 0.6 is 0 Å². The molecule has 0 saturated heterocycles. The van der Waals surface area contributed by atoms with E-state index < -0.39 is 11.9 Å². The Hall–Kier alpha value is -3.54. The SMILES string of the molecule is C=C1NC(=O)NC(C(=O)N[C@H]2CC[C@H](c3ccccc3)c3ccccc32)=C1N. The van der Waals surface area contributed by atoms with Crippen LogP contribution in [-0.2, 0) is 4.79 Å². The monoisotopic (exact) mass is 374 g/mol. The van der Waals surface area contributed by atoms with E-state index in [4.69, 9.17) is 5.73 Å². The van der Waals surface area contributed by atoms with E-state index in [1.54, 1.807) is 0 Å². The van der Waals surface area contributed by atoms with Crippen molar-refractivity contribution in [3.8, 4) is 0 Å². The number of carbonyl (C=O) groups excluding carboxylic acids is 2. The molecule has 5 N–H and O–H groups in total. The number of benzene rings is 2. The number of amides is 3. The van der Waals surface area contributed by atoms with Gasteiger partial charge in [0, 0.05) is 5.92 Å². The topological polar surface area (TPSA) is 96.2 Å². The second kappa shape index (κ2) is 7.23. The largest absolute Gasteiger partial charge is 0.395 e. The number of hydrogen-bond acceptors (Lipinski definition) is 3. The van der Waals surface area contributed by atoms with Crippen LogP contribution in [0.25, 0.3) is 0 Å². The fourth-order valence-corrected chi connectivity index (χ4v) is 3.95. The van der Waals surface area contributed by atoms with Crippen molar-refractivity contribution in [1.29, 1.82) is 0 Å². The van der Waals surface area contributed by atoms with Crippen LogP contribution in [0.2, 0.25) is 0 Å². The molecule has 0 unspecified atom stereocenters. The number of nitrogens with two attached hydrogens (primary N) is 1. The highest BCUT2D eigenvalue weighted by molar-refractivity contribution is 6.00. The van der Waals surface area contributed by atoms with E-state index in [9.17, 15) is 9.59 Å². The first-order valence-electron chi connectivity index (χ1n) is 9.26. The van der Waals surface area contributed by atoms with Crippen LogP contribution in [0, 0.1) is 0 Å². The summed E-state index contributed by atoms with van der Waals surface area (Å²) >= 11 is 0. The van der Waals surface area contributed by atoms with Gasteiger partial charge in [-0.3, -0.25) is 4.79 Å². The molecule has 0 aromatic heterocycles. The molecule has 142 valence electrons. The van der Waals surface area contributed by atoms with Crippen LogP contribution < -0.4 is 21.7 Å². The number of rotatable bonds is 3. The molecule has 2 aromatic carbocycles. The zero-order valence-corrected chi connectivity index (χ0v) is 15.4. The van der Waals surface area contributed by atoms with Gasteiger partial charge >= 0.3 is 6.03 Å². The van der Waals surface area contributed by atoms with Gasteiger partial charge in [-0.1, -0.05) is 61.2 Å². The number of urea groups is 1. The van der Waals surface area contributed by atoms with Gasteiger partial charge in [-0.25, -0.2) is 4.79 Å². The Kier molecular flexibility index (Phi) is 4.61. The molecule has 0 radical (unpaired) electrons. The van der Waals surface area contributed by atoms with Crippen molar-refractivity contribution in [2.45, 2.75) is 24.8 Å². The van der Waals surface area contributed by atoms with E-state index in [2.05, 4.69) is 40.7 Å². The maximum absolute atomic E-state index is 12.8. The molecule has 4 rings (SSSR count). The average Bonchev–Trinajstić information content (AvgIpc) is 2.71. The van der Waals surface area contributed by atoms with E-state index in [-0.39, 0.29) is 23.1 Å². The minimum absolute atomic E-state index is 0.0383. The number of fused-ring (bicyclic) bond motifs is 1. The van der Waals surface area contributed by atoms with Gasteiger partial charge < -0.3 is 21.7 Å². The molecular weight excluding hydrogens is 352 g/mol. The number of nitrogens with one attached hydrogen (secondary N) is 3. The van der Waals surface area contributed by atoms with Gasteiger partial charge in [-0.2, -0.15) is 0 Å². The molecule has 0 fully saturated rings. The quantitative estimate of drug-likeness (QED) is 0.665. The molecule has 0 bridgehead atoms. The third kappa shape index (κ3) is 3.24. The summed E-state index contributed by atoms with van der Waals surface area (Å²) in [5.74, 6) is -0.111. The van der Waals surface area contributed by atoms with E-state index in [0.29, 0.717) is 5.92 Å². The predicted octanol–water partition coefficient (Wildman–Crippen LogP) is 2.77. The first-order valence-corrected chi connectivity index (χ1v) is 9.26. The lowest BCUT2D eigenvalue weighted by molar-refractivity contribution is -0.118. The Morgan fingerprint density at radius 1 is 1.00 bits per heavy atom. The summed E-state index contributed by atoms with van der Waals surface area (Å²) in [6.07, 6.45) is 1.71. The second-order valence-corrected chi connectivity index (χ2v) is 7.04. The molecule has 0 spiro atoms. The Morgan fingerprint density at radius 3 is 2.43 bits per heavy atom. The van der Waals surface area contributed by atoms with Crippen molar-refractivity contribution in [3.63, 3.8) is 0 Å². The first-order chi connectivity index (χ1) is 13.5. The van der Waals surface area contributed by atoms with Crippen LogP contribution in [0.3, 0.4) is 0 Å². The van der Waals surface area contributed by atoms with E-state index in [1.165, 1.54) is 11.1 Å². The average molecular weight is 374 g/mol. The van der Waals surface area contributed by atoms with Crippen LogP contribution in [-0.4, -0.2) is 11.9 Å². The fourth-order valence-electron chi connectivity index (χ4n) is 3.95. The molecule has 2 atom stereocenters. The smallest absolute Gasteiger partial charge is 0.323 e. The highest BCUT2D eigenvalue weighted by Gasteiger charge is 2.31. The van der Waals surface area contributed by atoms with Crippen molar-refractivity contribution < 1.29 is 9.59 Å². The molecule has 6 nitrogen and oxygen atoms in total. The van der Waals surface area contributed by atoms with E-state index >= 15 is 0 Å². The lowest BCUT2D eigenvalue weighted by Crippen LogP contribution is -2.47. The van der Waals surface area contributed by atoms with Gasteiger partial charge in [0.15, 0.2) is 0 Å². The van der Waals surface area contributed by atoms with Crippen LogP contribution in [0.4, 0.5) is 4.79 Å². The van der Waals surface area contributed by atoms with Crippen molar-refractivity contribution >= 4 is 11.9 Å². The van der Waals surface area contributed by atoms with Gasteiger partial charge in [0.1, 0.15) is 5.70 Å². The molecule has 1 aliphatic carbocycles. The zero-order valence-electron chi connectivity index (χ0n) is 15.4. The molecule has 1 aliphatic heterocycles. The van der Waals surface area contributed by atoms with Crippen molar-refractivity contribution in [2.24, 2.45) is 5.73 Å². The number of hydrogen-bond donors (Lipinski definition) is 4. The summed E-state index contributed by atoms with van der Waals surface area (Å²) in [5.41, 5.74) is 9.91. The van der Waals surface area contributed by atoms with Crippen LogP contribution in [0.1, 0.15) is 41.5 Å². The van der Waals surface area contributed by atoms with Gasteiger partial charge in [-0.15, -0.1) is 0 Å². The van der Waals surface area contributed by atoms with Gasteiger partial charge in [-0.05, 0) is 29.5 Å².